The molecule has 2 aromatic heterocycles. The Bertz CT molecular complexity index is 1040. The minimum absolute atomic E-state index is 0.249. The minimum Gasteiger partial charge on any atom is -0.383 e. The second kappa shape index (κ2) is 8.35. The van der Waals surface area contributed by atoms with Gasteiger partial charge in [-0.05, 0) is 32.4 Å². The lowest BCUT2D eigenvalue weighted by molar-refractivity contribution is -0.125. The molecule has 0 aliphatic carbocycles. The third-order valence-electron chi connectivity index (χ3n) is 4.73. The Kier molecular flexibility index (Phi) is 5.89. The molecule has 0 saturated carbocycles. The number of fused-ring (bicyclic) bond motifs is 1. The average molecular weight is 383 g/mol. The van der Waals surface area contributed by atoms with Crippen LogP contribution in [0.25, 0.3) is 16.6 Å². The summed E-state index contributed by atoms with van der Waals surface area (Å²) >= 11 is 0. The molecule has 0 radical (unpaired) electrons. The van der Waals surface area contributed by atoms with Crippen molar-refractivity contribution in [1.82, 2.24) is 24.9 Å². The second-order valence-electron chi connectivity index (χ2n) is 6.60. The van der Waals surface area contributed by atoms with E-state index < -0.39 is 6.04 Å². The molecule has 0 unspecified atom stereocenters. The van der Waals surface area contributed by atoms with Gasteiger partial charge in [-0.1, -0.05) is 25.1 Å². The lowest BCUT2D eigenvalue weighted by atomic mass is 10.2. The van der Waals surface area contributed by atoms with Crippen LogP contribution in [0.3, 0.4) is 0 Å². The van der Waals surface area contributed by atoms with E-state index in [4.69, 9.17) is 4.74 Å². The van der Waals surface area contributed by atoms with E-state index in [9.17, 15) is 9.59 Å². The first-order valence-corrected chi connectivity index (χ1v) is 9.30. The van der Waals surface area contributed by atoms with Crippen LogP contribution >= 0.6 is 0 Å². The number of methoxy groups -OCH3 is 1. The van der Waals surface area contributed by atoms with Crippen molar-refractivity contribution in [2.24, 2.45) is 0 Å². The number of aromatic nitrogens is 4. The number of rotatable bonds is 7. The normalized spacial score (nSPS) is 12.3. The third-order valence-corrected chi connectivity index (χ3v) is 4.73. The van der Waals surface area contributed by atoms with Gasteiger partial charge in [0.05, 0.1) is 29.1 Å². The van der Waals surface area contributed by atoms with E-state index in [-0.39, 0.29) is 11.5 Å². The van der Waals surface area contributed by atoms with Crippen molar-refractivity contribution in [3.8, 4) is 5.69 Å². The quantitative estimate of drug-likeness (QED) is 0.630. The zero-order chi connectivity index (χ0) is 20.3. The second-order valence-corrected chi connectivity index (χ2v) is 6.60. The number of carbonyl (C=O) groups is 1. The zero-order valence-corrected chi connectivity index (χ0v) is 16.6. The highest BCUT2D eigenvalue weighted by molar-refractivity contribution is 5.84. The Morgan fingerprint density at radius 1 is 1.21 bits per heavy atom. The topological polar surface area (TPSA) is 91.0 Å². The van der Waals surface area contributed by atoms with Gasteiger partial charge in [-0.2, -0.15) is 10.2 Å². The fourth-order valence-corrected chi connectivity index (χ4v) is 3.28. The summed E-state index contributed by atoms with van der Waals surface area (Å²) in [6, 6.07) is 8.93. The van der Waals surface area contributed by atoms with Crippen LogP contribution in [0.1, 0.15) is 30.8 Å². The van der Waals surface area contributed by atoms with Gasteiger partial charge in [0.1, 0.15) is 11.6 Å². The fourth-order valence-electron chi connectivity index (χ4n) is 3.28. The van der Waals surface area contributed by atoms with Crippen LogP contribution < -0.4 is 10.9 Å². The van der Waals surface area contributed by atoms with Gasteiger partial charge >= 0.3 is 0 Å². The first-order chi connectivity index (χ1) is 13.5. The van der Waals surface area contributed by atoms with Gasteiger partial charge in [-0.3, -0.25) is 9.59 Å². The molecule has 0 fully saturated rings. The Morgan fingerprint density at radius 3 is 2.57 bits per heavy atom. The largest absolute Gasteiger partial charge is 0.383 e. The molecule has 1 amide bonds. The number of nitrogens with zero attached hydrogens (tertiary/aromatic N) is 4. The number of para-hydroxylation sites is 1. The number of hydrogen-bond acceptors (Lipinski definition) is 5. The lowest BCUT2D eigenvalue weighted by Gasteiger charge is -2.17. The third kappa shape index (κ3) is 3.55. The maximum Gasteiger partial charge on any atom is 0.278 e. The number of aryl methyl sites for hydroxylation is 2. The lowest BCUT2D eigenvalue weighted by Crippen LogP contribution is -2.39. The van der Waals surface area contributed by atoms with Crippen molar-refractivity contribution < 1.29 is 9.53 Å². The Balaban J connectivity index is 2.10. The zero-order valence-electron chi connectivity index (χ0n) is 16.6. The first-order valence-electron chi connectivity index (χ1n) is 9.30. The number of hydrogen-bond donors (Lipinski definition) is 1. The molecule has 0 bridgehead atoms. The molecule has 0 saturated heterocycles. The molecule has 0 aliphatic heterocycles. The molecule has 1 aromatic carbocycles. The molecule has 3 rings (SSSR count). The Morgan fingerprint density at radius 2 is 1.93 bits per heavy atom. The molecule has 1 atom stereocenters. The van der Waals surface area contributed by atoms with Gasteiger partial charge in [0.25, 0.3) is 5.56 Å². The Hall–Kier alpha value is -3.00. The van der Waals surface area contributed by atoms with Crippen LogP contribution in [-0.4, -0.2) is 45.7 Å². The molecular formula is C20H25N5O3. The van der Waals surface area contributed by atoms with Crippen LogP contribution in [0.5, 0.6) is 0 Å². The van der Waals surface area contributed by atoms with Crippen molar-refractivity contribution in [1.29, 1.82) is 0 Å². The van der Waals surface area contributed by atoms with E-state index in [1.165, 1.54) is 4.68 Å². The summed E-state index contributed by atoms with van der Waals surface area (Å²) in [7, 11) is 1.57. The highest BCUT2D eigenvalue weighted by Crippen LogP contribution is 2.21. The van der Waals surface area contributed by atoms with Crippen LogP contribution in [-0.2, 0) is 9.53 Å². The van der Waals surface area contributed by atoms with Gasteiger partial charge in [0, 0.05) is 13.7 Å². The number of benzene rings is 1. The van der Waals surface area contributed by atoms with Crippen molar-refractivity contribution in [3.05, 3.63) is 52.1 Å². The SMILES string of the molecule is CC[C@@H](C(=O)NCCOC)n1nc(C)c2nn(-c3ccccc3)c(C)c2c1=O. The summed E-state index contributed by atoms with van der Waals surface area (Å²) < 4.78 is 7.98. The molecular weight excluding hydrogens is 358 g/mol. The molecule has 8 heteroatoms. The summed E-state index contributed by atoms with van der Waals surface area (Å²) in [6.45, 7) is 6.30. The van der Waals surface area contributed by atoms with Crippen molar-refractivity contribution in [2.75, 3.05) is 20.3 Å². The van der Waals surface area contributed by atoms with Crippen LogP contribution in [0.15, 0.2) is 35.1 Å². The van der Waals surface area contributed by atoms with Gasteiger partial charge in [0.2, 0.25) is 5.91 Å². The predicted molar refractivity (Wildman–Crippen MR) is 107 cm³/mol. The van der Waals surface area contributed by atoms with Crippen LogP contribution in [0.2, 0.25) is 0 Å². The van der Waals surface area contributed by atoms with E-state index in [1.807, 2.05) is 44.2 Å². The summed E-state index contributed by atoms with van der Waals surface area (Å²) in [5.41, 5.74) is 2.44. The Labute approximate surface area is 163 Å². The molecule has 148 valence electrons. The number of carbonyl (C=O) groups excluding carboxylic acids is 1. The van der Waals surface area contributed by atoms with Crippen molar-refractivity contribution >= 4 is 16.8 Å². The number of amides is 1. The number of ether oxygens (including phenoxy) is 1. The smallest absolute Gasteiger partial charge is 0.278 e. The number of nitrogens with one attached hydrogen (secondary N) is 1. The van der Waals surface area contributed by atoms with Crippen LogP contribution in [0.4, 0.5) is 0 Å². The maximum atomic E-state index is 13.2. The van der Waals surface area contributed by atoms with Gasteiger partial charge in [0.15, 0.2) is 0 Å². The summed E-state index contributed by atoms with van der Waals surface area (Å²) in [4.78, 5) is 25.8. The van der Waals surface area contributed by atoms with Gasteiger partial charge in [-0.15, -0.1) is 0 Å². The van der Waals surface area contributed by atoms with E-state index in [0.29, 0.717) is 36.2 Å². The molecule has 8 nitrogen and oxygen atoms in total. The molecule has 3 aromatic rings. The minimum atomic E-state index is -0.688. The highest BCUT2D eigenvalue weighted by atomic mass is 16.5. The summed E-state index contributed by atoms with van der Waals surface area (Å²) in [5, 5.41) is 12.3. The van der Waals surface area contributed by atoms with Crippen LogP contribution in [0, 0.1) is 13.8 Å². The molecule has 1 N–H and O–H groups in total. The van der Waals surface area contributed by atoms with E-state index in [0.717, 1.165) is 11.4 Å². The standard InChI is InChI=1S/C20H25N5O3/c1-5-16(19(26)21-11-12-28-4)25-20(27)17-14(3)24(15-9-7-6-8-10-15)23-18(17)13(2)22-25/h6-10,16H,5,11-12H2,1-4H3,(H,21,26)/t16-/m0/s1. The fraction of sp³-hybridized carbons (Fsp3) is 0.400. The van der Waals surface area contributed by atoms with E-state index >= 15 is 0 Å². The predicted octanol–water partition coefficient (Wildman–Crippen LogP) is 1.91. The molecule has 28 heavy (non-hydrogen) atoms. The van der Waals surface area contributed by atoms with Gasteiger partial charge < -0.3 is 10.1 Å². The van der Waals surface area contributed by atoms with Crippen molar-refractivity contribution in [2.45, 2.75) is 33.2 Å². The van der Waals surface area contributed by atoms with Crippen molar-refractivity contribution in [3.63, 3.8) is 0 Å². The monoisotopic (exact) mass is 383 g/mol. The summed E-state index contributed by atoms with van der Waals surface area (Å²) in [5.74, 6) is -0.249. The average Bonchev–Trinajstić information content (AvgIpc) is 3.05. The molecule has 2 heterocycles. The summed E-state index contributed by atoms with van der Waals surface area (Å²) in [6.07, 6.45) is 0.447. The first kappa shape index (κ1) is 19.8. The van der Waals surface area contributed by atoms with E-state index in [1.54, 1.807) is 18.7 Å². The molecule has 0 spiro atoms. The maximum absolute atomic E-state index is 13.2. The molecule has 0 aliphatic rings. The van der Waals surface area contributed by atoms with E-state index in [2.05, 4.69) is 15.5 Å². The van der Waals surface area contributed by atoms with Gasteiger partial charge in [-0.25, -0.2) is 9.36 Å². The highest BCUT2D eigenvalue weighted by Gasteiger charge is 2.25.